The minimum atomic E-state index is -3.83. The van der Waals surface area contributed by atoms with Gasteiger partial charge in [0, 0.05) is 25.2 Å². The third kappa shape index (κ3) is 3.46. The SMILES string of the molecule is COc1ccc(S(=O)(=O)N2CCC(C)CC2CN)cc1[N+](=O)[O-]. The lowest BCUT2D eigenvalue weighted by Crippen LogP contribution is -2.49. The summed E-state index contributed by atoms with van der Waals surface area (Å²) in [6, 6.07) is 3.38. The number of nitrogens with two attached hydrogens (primary N) is 1. The van der Waals surface area contributed by atoms with E-state index in [1.807, 2.05) is 0 Å². The van der Waals surface area contributed by atoms with Crippen LogP contribution in [0.15, 0.2) is 23.1 Å². The molecule has 1 saturated heterocycles. The van der Waals surface area contributed by atoms with Gasteiger partial charge in [-0.3, -0.25) is 10.1 Å². The van der Waals surface area contributed by atoms with Crippen LogP contribution in [0.2, 0.25) is 0 Å². The molecule has 0 amide bonds. The van der Waals surface area contributed by atoms with Crippen molar-refractivity contribution >= 4 is 15.7 Å². The topological polar surface area (TPSA) is 116 Å². The van der Waals surface area contributed by atoms with Crippen molar-refractivity contribution in [1.82, 2.24) is 4.31 Å². The van der Waals surface area contributed by atoms with Crippen LogP contribution in [-0.4, -0.2) is 43.9 Å². The van der Waals surface area contributed by atoms with Crippen LogP contribution in [0.5, 0.6) is 5.75 Å². The Morgan fingerprint density at radius 2 is 2.17 bits per heavy atom. The highest BCUT2D eigenvalue weighted by atomic mass is 32.2. The van der Waals surface area contributed by atoms with Crippen LogP contribution in [-0.2, 0) is 10.0 Å². The van der Waals surface area contributed by atoms with E-state index in [4.69, 9.17) is 10.5 Å². The van der Waals surface area contributed by atoms with Gasteiger partial charge in [0.15, 0.2) is 5.75 Å². The van der Waals surface area contributed by atoms with Crippen LogP contribution >= 0.6 is 0 Å². The van der Waals surface area contributed by atoms with E-state index in [2.05, 4.69) is 6.92 Å². The van der Waals surface area contributed by atoms with Crippen molar-refractivity contribution in [1.29, 1.82) is 0 Å². The standard InChI is InChI=1S/C14H21N3O5S/c1-10-5-6-16(11(7-10)9-15)23(20,21)12-3-4-14(22-2)13(8-12)17(18)19/h3-4,8,10-11H,5-7,9,15H2,1-2H3. The molecule has 1 aliphatic rings. The Bertz CT molecular complexity index is 692. The summed E-state index contributed by atoms with van der Waals surface area (Å²) in [5.74, 6) is 0.428. The summed E-state index contributed by atoms with van der Waals surface area (Å²) in [6.45, 7) is 2.65. The summed E-state index contributed by atoms with van der Waals surface area (Å²) < 4.78 is 32.0. The molecule has 0 aliphatic carbocycles. The maximum atomic E-state index is 12.8. The third-order valence-corrected chi connectivity index (χ3v) is 6.10. The molecule has 1 aliphatic heterocycles. The van der Waals surface area contributed by atoms with E-state index < -0.39 is 14.9 Å². The van der Waals surface area contributed by atoms with E-state index in [-0.39, 0.29) is 28.9 Å². The van der Waals surface area contributed by atoms with Gasteiger partial charge >= 0.3 is 5.69 Å². The summed E-state index contributed by atoms with van der Waals surface area (Å²) in [5.41, 5.74) is 5.35. The highest BCUT2D eigenvalue weighted by Crippen LogP contribution is 2.33. The zero-order valence-electron chi connectivity index (χ0n) is 13.1. The number of benzene rings is 1. The van der Waals surface area contributed by atoms with Gasteiger partial charge in [-0.25, -0.2) is 8.42 Å². The van der Waals surface area contributed by atoms with Crippen LogP contribution < -0.4 is 10.5 Å². The van der Waals surface area contributed by atoms with E-state index >= 15 is 0 Å². The predicted octanol–water partition coefficient (Wildman–Crippen LogP) is 1.35. The van der Waals surface area contributed by atoms with Gasteiger partial charge < -0.3 is 10.5 Å². The second kappa shape index (κ2) is 6.81. The molecule has 1 aromatic rings. The fourth-order valence-corrected chi connectivity index (χ4v) is 4.55. The molecule has 1 heterocycles. The third-order valence-electron chi connectivity index (χ3n) is 4.15. The van der Waals surface area contributed by atoms with Crippen molar-refractivity contribution in [3.8, 4) is 5.75 Å². The molecule has 0 saturated carbocycles. The Hall–Kier alpha value is -1.71. The van der Waals surface area contributed by atoms with Crippen molar-refractivity contribution in [3.63, 3.8) is 0 Å². The second-order valence-corrected chi connectivity index (χ2v) is 7.62. The van der Waals surface area contributed by atoms with Gasteiger partial charge in [0.2, 0.25) is 10.0 Å². The van der Waals surface area contributed by atoms with Crippen LogP contribution in [0.3, 0.4) is 0 Å². The molecule has 0 spiro atoms. The predicted molar refractivity (Wildman–Crippen MR) is 84.8 cm³/mol. The maximum Gasteiger partial charge on any atom is 0.312 e. The molecule has 1 aromatic carbocycles. The van der Waals surface area contributed by atoms with Gasteiger partial charge in [-0.05, 0) is 30.9 Å². The minimum Gasteiger partial charge on any atom is -0.490 e. The van der Waals surface area contributed by atoms with Crippen molar-refractivity contribution in [2.45, 2.75) is 30.7 Å². The molecule has 2 unspecified atom stereocenters. The van der Waals surface area contributed by atoms with E-state index in [1.165, 1.54) is 23.5 Å². The van der Waals surface area contributed by atoms with E-state index in [0.29, 0.717) is 18.9 Å². The van der Waals surface area contributed by atoms with Crippen molar-refractivity contribution in [2.24, 2.45) is 11.7 Å². The highest BCUT2D eigenvalue weighted by molar-refractivity contribution is 7.89. The molecule has 9 heteroatoms. The van der Waals surface area contributed by atoms with Gasteiger partial charge in [-0.15, -0.1) is 0 Å². The number of ether oxygens (including phenoxy) is 1. The Morgan fingerprint density at radius 3 is 2.74 bits per heavy atom. The zero-order chi connectivity index (χ0) is 17.2. The molecule has 2 atom stereocenters. The largest absolute Gasteiger partial charge is 0.490 e. The lowest BCUT2D eigenvalue weighted by molar-refractivity contribution is -0.386. The first-order valence-corrected chi connectivity index (χ1v) is 8.79. The molecule has 128 valence electrons. The van der Waals surface area contributed by atoms with Gasteiger partial charge in [0.05, 0.1) is 16.9 Å². The first-order chi connectivity index (χ1) is 10.8. The van der Waals surface area contributed by atoms with Gasteiger partial charge in [-0.2, -0.15) is 4.31 Å². The summed E-state index contributed by atoms with van der Waals surface area (Å²) in [4.78, 5) is 10.3. The second-order valence-electron chi connectivity index (χ2n) is 5.73. The summed E-state index contributed by atoms with van der Waals surface area (Å²) in [5, 5.41) is 11.1. The molecular formula is C14H21N3O5S. The summed E-state index contributed by atoms with van der Waals surface area (Å²) >= 11 is 0. The normalized spacial score (nSPS) is 22.7. The molecule has 8 nitrogen and oxygen atoms in total. The average Bonchev–Trinajstić information content (AvgIpc) is 2.53. The maximum absolute atomic E-state index is 12.8. The van der Waals surface area contributed by atoms with Crippen LogP contribution in [0, 0.1) is 16.0 Å². The lowest BCUT2D eigenvalue weighted by Gasteiger charge is -2.36. The number of piperidine rings is 1. The van der Waals surface area contributed by atoms with Crippen molar-refractivity contribution < 1.29 is 18.1 Å². The quantitative estimate of drug-likeness (QED) is 0.637. The zero-order valence-corrected chi connectivity index (χ0v) is 14.0. The number of nitro benzene ring substituents is 1. The minimum absolute atomic E-state index is 0.0246. The van der Waals surface area contributed by atoms with Crippen LogP contribution in [0.25, 0.3) is 0 Å². The average molecular weight is 343 g/mol. The molecule has 1 fully saturated rings. The Balaban J connectivity index is 2.43. The van der Waals surface area contributed by atoms with E-state index in [0.717, 1.165) is 12.5 Å². The Morgan fingerprint density at radius 1 is 1.48 bits per heavy atom. The molecule has 0 radical (unpaired) electrons. The molecule has 2 N–H and O–H groups in total. The van der Waals surface area contributed by atoms with E-state index in [9.17, 15) is 18.5 Å². The summed E-state index contributed by atoms with van der Waals surface area (Å²) in [7, 11) is -2.54. The van der Waals surface area contributed by atoms with Crippen molar-refractivity contribution in [2.75, 3.05) is 20.2 Å². The smallest absolute Gasteiger partial charge is 0.312 e. The van der Waals surface area contributed by atoms with Crippen LogP contribution in [0.1, 0.15) is 19.8 Å². The van der Waals surface area contributed by atoms with Crippen LogP contribution in [0.4, 0.5) is 5.69 Å². The number of methoxy groups -OCH3 is 1. The molecular weight excluding hydrogens is 322 g/mol. The fraction of sp³-hybridized carbons (Fsp3) is 0.571. The van der Waals surface area contributed by atoms with Gasteiger partial charge in [0.1, 0.15) is 0 Å². The number of sulfonamides is 1. The van der Waals surface area contributed by atoms with Gasteiger partial charge in [-0.1, -0.05) is 6.92 Å². The van der Waals surface area contributed by atoms with Gasteiger partial charge in [0.25, 0.3) is 0 Å². The molecule has 0 bridgehead atoms. The molecule has 23 heavy (non-hydrogen) atoms. The first kappa shape index (κ1) is 17.6. The molecule has 0 aromatic heterocycles. The monoisotopic (exact) mass is 343 g/mol. The Kier molecular flexibility index (Phi) is 5.23. The number of hydrogen-bond donors (Lipinski definition) is 1. The fourth-order valence-electron chi connectivity index (χ4n) is 2.87. The highest BCUT2D eigenvalue weighted by Gasteiger charge is 2.36. The van der Waals surface area contributed by atoms with Crippen molar-refractivity contribution in [3.05, 3.63) is 28.3 Å². The molecule has 2 rings (SSSR count). The Labute approximate surface area is 135 Å². The summed E-state index contributed by atoms with van der Waals surface area (Å²) in [6.07, 6.45) is 1.43. The lowest BCUT2D eigenvalue weighted by atomic mass is 9.94. The number of rotatable bonds is 5. The number of nitro groups is 1. The number of nitrogens with zero attached hydrogens (tertiary/aromatic N) is 2. The number of hydrogen-bond acceptors (Lipinski definition) is 6. The van der Waals surface area contributed by atoms with E-state index in [1.54, 1.807) is 0 Å². The first-order valence-electron chi connectivity index (χ1n) is 7.35.